The number of para-hydroxylation sites is 1. The van der Waals surface area contributed by atoms with Gasteiger partial charge in [-0.1, -0.05) is 18.2 Å². The Bertz CT molecular complexity index is 880. The molecule has 138 valence electrons. The summed E-state index contributed by atoms with van der Waals surface area (Å²) in [5.41, 5.74) is 2.80. The Hall–Kier alpha value is -3.35. The zero-order valence-electron chi connectivity index (χ0n) is 14.9. The van der Waals surface area contributed by atoms with Crippen molar-refractivity contribution in [2.45, 2.75) is 18.9 Å². The van der Waals surface area contributed by atoms with Gasteiger partial charge < -0.3 is 15.5 Å². The molecule has 7 nitrogen and oxygen atoms in total. The summed E-state index contributed by atoms with van der Waals surface area (Å²) in [5, 5.41) is 13.5. The number of rotatable bonds is 4. The van der Waals surface area contributed by atoms with Crippen LogP contribution in [0.2, 0.25) is 0 Å². The summed E-state index contributed by atoms with van der Waals surface area (Å²) in [7, 11) is 0. The molecule has 4 rings (SSSR count). The Morgan fingerprint density at radius 2 is 1.96 bits per heavy atom. The zero-order valence-corrected chi connectivity index (χ0v) is 14.9. The summed E-state index contributed by atoms with van der Waals surface area (Å²) in [6.45, 7) is 1.67. The third-order valence-corrected chi connectivity index (χ3v) is 4.67. The molecular weight excluding hydrogens is 340 g/mol. The highest BCUT2D eigenvalue weighted by atomic mass is 16.2. The summed E-state index contributed by atoms with van der Waals surface area (Å²) in [5.74, 6) is 0.900. The second-order valence-electron chi connectivity index (χ2n) is 6.63. The average Bonchev–Trinajstić information content (AvgIpc) is 3.20. The van der Waals surface area contributed by atoms with Gasteiger partial charge in [-0.3, -0.25) is 10.1 Å². The van der Waals surface area contributed by atoms with Crippen LogP contribution >= 0.6 is 0 Å². The van der Waals surface area contributed by atoms with E-state index in [9.17, 15) is 4.79 Å². The molecule has 1 atom stereocenters. The quantitative estimate of drug-likeness (QED) is 0.665. The monoisotopic (exact) mass is 362 g/mol. The number of benzene rings is 1. The van der Waals surface area contributed by atoms with E-state index >= 15 is 0 Å². The first kappa shape index (κ1) is 17.1. The molecule has 1 aliphatic heterocycles. The largest absolute Gasteiger partial charge is 0.353 e. The van der Waals surface area contributed by atoms with Gasteiger partial charge in [0.2, 0.25) is 0 Å². The molecule has 0 saturated carbocycles. The lowest BCUT2D eigenvalue weighted by atomic mass is 10.1. The van der Waals surface area contributed by atoms with E-state index in [-0.39, 0.29) is 12.1 Å². The maximum atomic E-state index is 12.2. The number of hydrogen-bond donors (Lipinski definition) is 3. The third-order valence-electron chi connectivity index (χ3n) is 4.67. The molecule has 0 radical (unpaired) electrons. The number of urea groups is 1. The number of piperidine rings is 1. The lowest BCUT2D eigenvalue weighted by Gasteiger charge is -2.33. The van der Waals surface area contributed by atoms with Crippen LogP contribution in [0.25, 0.3) is 11.3 Å². The number of amides is 2. The van der Waals surface area contributed by atoms with E-state index in [1.807, 2.05) is 48.5 Å². The van der Waals surface area contributed by atoms with E-state index in [2.05, 4.69) is 30.7 Å². The van der Waals surface area contributed by atoms with Crippen LogP contribution in [0.5, 0.6) is 0 Å². The maximum Gasteiger partial charge on any atom is 0.319 e. The fraction of sp³-hybridized carbons (Fsp3) is 0.250. The Kier molecular flexibility index (Phi) is 5.00. The fourth-order valence-electron chi connectivity index (χ4n) is 3.33. The molecule has 1 aliphatic rings. The van der Waals surface area contributed by atoms with Gasteiger partial charge in [0.25, 0.3) is 0 Å². The number of anilines is 2. The van der Waals surface area contributed by atoms with Crippen molar-refractivity contribution in [1.82, 2.24) is 20.5 Å². The molecule has 1 aromatic carbocycles. The first-order chi connectivity index (χ1) is 13.3. The van der Waals surface area contributed by atoms with Crippen molar-refractivity contribution < 1.29 is 4.79 Å². The Balaban J connectivity index is 1.37. The molecule has 1 saturated heterocycles. The molecule has 3 heterocycles. The Morgan fingerprint density at radius 3 is 2.78 bits per heavy atom. The van der Waals surface area contributed by atoms with E-state index in [1.165, 1.54) is 0 Å². The number of aromatic nitrogens is 3. The van der Waals surface area contributed by atoms with Crippen LogP contribution in [-0.2, 0) is 0 Å². The van der Waals surface area contributed by atoms with E-state index in [0.29, 0.717) is 0 Å². The van der Waals surface area contributed by atoms with Crippen molar-refractivity contribution in [2.75, 3.05) is 23.3 Å². The second kappa shape index (κ2) is 7.90. The lowest BCUT2D eigenvalue weighted by Crippen LogP contribution is -2.49. The molecule has 2 amide bonds. The average molecular weight is 362 g/mol. The van der Waals surface area contributed by atoms with E-state index in [4.69, 9.17) is 0 Å². The SMILES string of the molecule is O=C(Nc1ccccc1)N[C@@H]1CCCN(c2cc(-c3ccncc3)[nH]n2)C1. The standard InChI is InChI=1S/C20H22N6O/c27-20(22-16-5-2-1-3-6-16)23-17-7-4-12-26(14-17)19-13-18(24-25-19)15-8-10-21-11-9-15/h1-3,5-6,8-11,13,17H,4,7,12,14H2,(H,24,25)(H2,22,23,27)/t17-/m1/s1. The number of nitrogens with zero attached hydrogens (tertiary/aromatic N) is 3. The number of H-pyrrole nitrogens is 1. The van der Waals surface area contributed by atoms with Gasteiger partial charge in [-0.15, -0.1) is 0 Å². The van der Waals surface area contributed by atoms with Gasteiger partial charge in [0, 0.05) is 48.8 Å². The highest BCUT2D eigenvalue weighted by Crippen LogP contribution is 2.23. The molecular formula is C20H22N6O. The molecule has 1 fully saturated rings. The number of aromatic amines is 1. The van der Waals surface area contributed by atoms with Gasteiger partial charge in [0.15, 0.2) is 5.82 Å². The van der Waals surface area contributed by atoms with Crippen LogP contribution in [-0.4, -0.2) is 40.3 Å². The zero-order chi connectivity index (χ0) is 18.5. The van der Waals surface area contributed by atoms with Crippen LogP contribution < -0.4 is 15.5 Å². The van der Waals surface area contributed by atoms with Crippen molar-refractivity contribution in [3.8, 4) is 11.3 Å². The fourth-order valence-corrected chi connectivity index (χ4v) is 3.33. The molecule has 27 heavy (non-hydrogen) atoms. The van der Waals surface area contributed by atoms with Crippen LogP contribution in [0, 0.1) is 0 Å². The second-order valence-corrected chi connectivity index (χ2v) is 6.63. The van der Waals surface area contributed by atoms with Crippen LogP contribution in [0.3, 0.4) is 0 Å². The number of carbonyl (C=O) groups excluding carboxylic acids is 1. The van der Waals surface area contributed by atoms with E-state index in [0.717, 1.165) is 48.7 Å². The van der Waals surface area contributed by atoms with Gasteiger partial charge in [0.05, 0.1) is 5.69 Å². The normalized spacial score (nSPS) is 16.7. The molecule has 7 heteroatoms. The minimum atomic E-state index is -0.174. The Labute approximate surface area is 157 Å². The first-order valence-corrected chi connectivity index (χ1v) is 9.11. The summed E-state index contributed by atoms with van der Waals surface area (Å²) in [4.78, 5) is 18.5. The van der Waals surface area contributed by atoms with E-state index in [1.54, 1.807) is 12.4 Å². The topological polar surface area (TPSA) is 85.9 Å². The maximum absolute atomic E-state index is 12.2. The molecule has 3 N–H and O–H groups in total. The smallest absolute Gasteiger partial charge is 0.319 e. The van der Waals surface area contributed by atoms with E-state index < -0.39 is 0 Å². The van der Waals surface area contributed by atoms with Crippen molar-refractivity contribution in [1.29, 1.82) is 0 Å². The van der Waals surface area contributed by atoms with Crippen LogP contribution in [0.4, 0.5) is 16.3 Å². The van der Waals surface area contributed by atoms with Crippen molar-refractivity contribution in [2.24, 2.45) is 0 Å². The van der Waals surface area contributed by atoms with Crippen LogP contribution in [0.15, 0.2) is 60.9 Å². The number of pyridine rings is 1. The lowest BCUT2D eigenvalue weighted by molar-refractivity contribution is 0.246. The van der Waals surface area contributed by atoms with Crippen molar-refractivity contribution in [3.05, 3.63) is 60.9 Å². The number of carbonyl (C=O) groups is 1. The Morgan fingerprint density at radius 1 is 1.15 bits per heavy atom. The molecule has 0 unspecified atom stereocenters. The highest BCUT2D eigenvalue weighted by Gasteiger charge is 2.23. The van der Waals surface area contributed by atoms with Gasteiger partial charge in [-0.25, -0.2) is 4.79 Å². The van der Waals surface area contributed by atoms with Gasteiger partial charge in [0.1, 0.15) is 0 Å². The summed E-state index contributed by atoms with van der Waals surface area (Å²) in [6.07, 6.45) is 5.50. The number of nitrogens with one attached hydrogen (secondary N) is 3. The summed E-state index contributed by atoms with van der Waals surface area (Å²) < 4.78 is 0. The molecule has 0 bridgehead atoms. The van der Waals surface area contributed by atoms with Gasteiger partial charge in [-0.2, -0.15) is 5.10 Å². The molecule has 0 spiro atoms. The van der Waals surface area contributed by atoms with Crippen LogP contribution in [0.1, 0.15) is 12.8 Å². The summed E-state index contributed by atoms with van der Waals surface area (Å²) >= 11 is 0. The summed E-state index contributed by atoms with van der Waals surface area (Å²) in [6, 6.07) is 15.3. The predicted octanol–water partition coefficient (Wildman–Crippen LogP) is 3.26. The first-order valence-electron chi connectivity index (χ1n) is 9.11. The minimum Gasteiger partial charge on any atom is -0.353 e. The van der Waals surface area contributed by atoms with Crippen molar-refractivity contribution >= 4 is 17.5 Å². The highest BCUT2D eigenvalue weighted by molar-refractivity contribution is 5.89. The van der Waals surface area contributed by atoms with Gasteiger partial charge in [-0.05, 0) is 37.1 Å². The van der Waals surface area contributed by atoms with Crippen molar-refractivity contribution in [3.63, 3.8) is 0 Å². The molecule has 2 aromatic heterocycles. The molecule has 3 aromatic rings. The minimum absolute atomic E-state index is 0.0866. The van der Waals surface area contributed by atoms with Gasteiger partial charge >= 0.3 is 6.03 Å². The predicted molar refractivity (Wildman–Crippen MR) is 106 cm³/mol. The molecule has 0 aliphatic carbocycles. The third kappa shape index (κ3) is 4.25. The number of hydrogen-bond acceptors (Lipinski definition) is 4.